The molecule has 1 aliphatic rings. The summed E-state index contributed by atoms with van der Waals surface area (Å²) >= 11 is 0. The molecule has 3 aromatic rings. The third-order valence-corrected chi connectivity index (χ3v) is 6.81. The van der Waals surface area contributed by atoms with Crippen LogP contribution in [0.5, 0.6) is 17.2 Å². The van der Waals surface area contributed by atoms with Crippen LogP contribution < -0.4 is 14.2 Å². The monoisotopic (exact) mass is 500 g/mol. The second-order valence-corrected chi connectivity index (χ2v) is 9.84. The molecule has 37 heavy (non-hydrogen) atoms. The van der Waals surface area contributed by atoms with Gasteiger partial charge in [0.15, 0.2) is 11.5 Å². The summed E-state index contributed by atoms with van der Waals surface area (Å²) in [5.41, 5.74) is 4.99. The smallest absolute Gasteiger partial charge is 0.250 e. The van der Waals surface area contributed by atoms with E-state index in [4.69, 9.17) is 19.3 Å². The van der Waals surface area contributed by atoms with Gasteiger partial charge in [0.1, 0.15) is 0 Å². The summed E-state index contributed by atoms with van der Waals surface area (Å²) in [6.07, 6.45) is 1.59. The van der Waals surface area contributed by atoms with Gasteiger partial charge in [-0.25, -0.2) is 5.01 Å². The van der Waals surface area contributed by atoms with Crippen molar-refractivity contribution < 1.29 is 19.0 Å². The van der Waals surface area contributed by atoms with Crippen LogP contribution in [-0.2, 0) is 11.2 Å². The van der Waals surface area contributed by atoms with Gasteiger partial charge in [-0.1, -0.05) is 68.4 Å². The van der Waals surface area contributed by atoms with Crippen LogP contribution in [-0.4, -0.2) is 38.0 Å². The number of hydrogen-bond acceptors (Lipinski definition) is 5. The molecule has 2 unspecified atom stereocenters. The topological polar surface area (TPSA) is 60.4 Å². The minimum Gasteiger partial charge on any atom is -0.493 e. The maximum absolute atomic E-state index is 13.9. The van der Waals surface area contributed by atoms with E-state index in [9.17, 15) is 4.79 Å². The fourth-order valence-electron chi connectivity index (χ4n) is 4.83. The van der Waals surface area contributed by atoms with E-state index in [0.29, 0.717) is 29.6 Å². The fraction of sp³-hybridized carbons (Fsp3) is 0.355. The highest BCUT2D eigenvalue weighted by atomic mass is 16.5. The first-order chi connectivity index (χ1) is 17.9. The molecule has 0 aromatic heterocycles. The molecule has 0 saturated heterocycles. The number of carbonyl (C=O) groups is 1. The molecule has 0 fully saturated rings. The highest BCUT2D eigenvalue weighted by Gasteiger charge is 2.36. The number of benzene rings is 3. The molecule has 0 saturated carbocycles. The predicted octanol–water partition coefficient (Wildman–Crippen LogP) is 6.39. The molecule has 6 nitrogen and oxygen atoms in total. The third-order valence-electron chi connectivity index (χ3n) is 6.81. The quantitative estimate of drug-likeness (QED) is 0.341. The number of nitrogens with zero attached hydrogens (tertiary/aromatic N) is 2. The fourth-order valence-corrected chi connectivity index (χ4v) is 4.83. The Morgan fingerprint density at radius 2 is 1.54 bits per heavy atom. The van der Waals surface area contributed by atoms with Crippen molar-refractivity contribution in [2.75, 3.05) is 21.3 Å². The van der Waals surface area contributed by atoms with Crippen molar-refractivity contribution in [1.29, 1.82) is 0 Å². The molecule has 194 valence electrons. The molecule has 0 aliphatic carbocycles. The Morgan fingerprint density at radius 3 is 2.08 bits per heavy atom. The average molecular weight is 501 g/mol. The summed E-state index contributed by atoms with van der Waals surface area (Å²) in [7, 11) is 4.77. The van der Waals surface area contributed by atoms with E-state index in [1.807, 2.05) is 49.4 Å². The first kappa shape index (κ1) is 26.3. The van der Waals surface area contributed by atoms with Crippen molar-refractivity contribution in [1.82, 2.24) is 5.01 Å². The zero-order chi connectivity index (χ0) is 26.5. The predicted molar refractivity (Wildman–Crippen MR) is 147 cm³/mol. The molecule has 1 aliphatic heterocycles. The summed E-state index contributed by atoms with van der Waals surface area (Å²) in [6.45, 7) is 6.36. The molecule has 6 heteroatoms. The Bertz CT molecular complexity index is 1230. The lowest BCUT2D eigenvalue weighted by Gasteiger charge is -2.26. The number of carbonyl (C=O) groups excluding carboxylic acids is 1. The standard InChI is InChI=1S/C31H36N2O4/c1-20(2)16-22-12-14-23(15-13-22)21(3)31(34)33-27(19-26(32-33)24-10-8-7-9-11-24)25-17-28(35-4)30(37-6)29(18-25)36-5/h7-15,17-18,20-21,27H,16,19H2,1-6H3. The highest BCUT2D eigenvalue weighted by Crippen LogP contribution is 2.43. The number of methoxy groups -OCH3 is 3. The third kappa shape index (κ3) is 5.63. The molecule has 0 bridgehead atoms. The van der Waals surface area contributed by atoms with Crippen molar-refractivity contribution in [2.45, 2.75) is 45.6 Å². The minimum atomic E-state index is -0.350. The Kier molecular flexibility index (Phi) is 8.17. The van der Waals surface area contributed by atoms with Gasteiger partial charge in [-0.3, -0.25) is 4.79 Å². The lowest BCUT2D eigenvalue weighted by molar-refractivity contribution is -0.134. The largest absolute Gasteiger partial charge is 0.493 e. The molecule has 1 heterocycles. The van der Waals surface area contributed by atoms with Gasteiger partial charge in [0.25, 0.3) is 5.91 Å². The zero-order valence-electron chi connectivity index (χ0n) is 22.5. The van der Waals surface area contributed by atoms with Crippen molar-refractivity contribution >= 4 is 11.6 Å². The molecule has 0 N–H and O–H groups in total. The summed E-state index contributed by atoms with van der Waals surface area (Å²) in [5, 5.41) is 6.50. The molecule has 2 atom stereocenters. The van der Waals surface area contributed by atoms with Crippen LogP contribution in [0.3, 0.4) is 0 Å². The van der Waals surface area contributed by atoms with Crippen LogP contribution in [0.1, 0.15) is 61.4 Å². The molecule has 1 amide bonds. The van der Waals surface area contributed by atoms with Crippen molar-refractivity contribution in [3.8, 4) is 17.2 Å². The van der Waals surface area contributed by atoms with Crippen LogP contribution in [0, 0.1) is 5.92 Å². The van der Waals surface area contributed by atoms with Gasteiger partial charge in [-0.05, 0) is 53.6 Å². The van der Waals surface area contributed by atoms with E-state index in [2.05, 4.69) is 38.1 Å². The Morgan fingerprint density at radius 1 is 0.919 bits per heavy atom. The zero-order valence-corrected chi connectivity index (χ0v) is 22.5. The van der Waals surface area contributed by atoms with Gasteiger partial charge >= 0.3 is 0 Å². The molecular formula is C31H36N2O4. The number of amides is 1. The van der Waals surface area contributed by atoms with E-state index < -0.39 is 0 Å². The van der Waals surface area contributed by atoms with Crippen LogP contribution in [0.15, 0.2) is 71.8 Å². The Hall–Kier alpha value is -3.80. The highest BCUT2D eigenvalue weighted by molar-refractivity contribution is 6.03. The summed E-state index contributed by atoms with van der Waals surface area (Å²) in [6, 6.07) is 21.9. The van der Waals surface area contributed by atoms with Gasteiger partial charge in [-0.15, -0.1) is 0 Å². The lowest BCUT2D eigenvalue weighted by Crippen LogP contribution is -2.30. The molecule has 0 spiro atoms. The maximum Gasteiger partial charge on any atom is 0.250 e. The van der Waals surface area contributed by atoms with Gasteiger partial charge in [-0.2, -0.15) is 5.10 Å². The second kappa shape index (κ2) is 11.5. The first-order valence-electron chi connectivity index (χ1n) is 12.7. The Balaban J connectivity index is 1.71. The van der Waals surface area contributed by atoms with Gasteiger partial charge in [0.2, 0.25) is 5.75 Å². The minimum absolute atomic E-state index is 0.0544. The molecule has 3 aromatic carbocycles. The summed E-state index contributed by atoms with van der Waals surface area (Å²) in [4.78, 5) is 13.9. The average Bonchev–Trinajstić information content (AvgIpc) is 3.37. The summed E-state index contributed by atoms with van der Waals surface area (Å²) in [5.74, 6) is 1.79. The first-order valence-corrected chi connectivity index (χ1v) is 12.7. The number of rotatable bonds is 9. The van der Waals surface area contributed by atoms with E-state index in [1.165, 1.54) is 5.56 Å². The van der Waals surface area contributed by atoms with Crippen molar-refractivity contribution in [2.24, 2.45) is 11.0 Å². The number of ether oxygens (including phenoxy) is 3. The van der Waals surface area contributed by atoms with Gasteiger partial charge < -0.3 is 14.2 Å². The van der Waals surface area contributed by atoms with E-state index in [1.54, 1.807) is 26.3 Å². The molecular weight excluding hydrogens is 464 g/mol. The molecule has 0 radical (unpaired) electrons. The lowest BCUT2D eigenvalue weighted by atomic mass is 9.94. The number of hydrogen-bond donors (Lipinski definition) is 0. The van der Waals surface area contributed by atoms with Crippen LogP contribution in [0.25, 0.3) is 0 Å². The second-order valence-electron chi connectivity index (χ2n) is 9.84. The normalized spacial score (nSPS) is 15.9. The maximum atomic E-state index is 13.9. The van der Waals surface area contributed by atoms with Gasteiger partial charge in [0, 0.05) is 6.42 Å². The SMILES string of the molecule is COc1cc(C2CC(c3ccccc3)=NN2C(=O)C(C)c2ccc(CC(C)C)cc2)cc(OC)c1OC. The van der Waals surface area contributed by atoms with E-state index in [-0.39, 0.29) is 17.9 Å². The van der Waals surface area contributed by atoms with E-state index in [0.717, 1.165) is 28.8 Å². The van der Waals surface area contributed by atoms with Crippen molar-refractivity contribution in [3.63, 3.8) is 0 Å². The van der Waals surface area contributed by atoms with Crippen LogP contribution in [0.2, 0.25) is 0 Å². The summed E-state index contributed by atoms with van der Waals surface area (Å²) < 4.78 is 16.7. The van der Waals surface area contributed by atoms with Gasteiger partial charge in [0.05, 0.1) is 39.0 Å². The van der Waals surface area contributed by atoms with E-state index >= 15 is 0 Å². The Labute approximate surface area is 219 Å². The van der Waals surface area contributed by atoms with Crippen LogP contribution >= 0.6 is 0 Å². The number of hydrazone groups is 1. The molecule has 4 rings (SSSR count). The van der Waals surface area contributed by atoms with Crippen LogP contribution in [0.4, 0.5) is 0 Å². The van der Waals surface area contributed by atoms with Crippen molar-refractivity contribution in [3.05, 3.63) is 89.0 Å².